The second-order valence-electron chi connectivity index (χ2n) is 13.2. The van der Waals surface area contributed by atoms with E-state index >= 15 is 0 Å². The lowest BCUT2D eigenvalue weighted by Crippen LogP contribution is -2.52. The molecule has 3 heterocycles. The molecule has 1 aliphatic heterocycles. The molecule has 9 heteroatoms. The number of para-hydroxylation sites is 1. The van der Waals surface area contributed by atoms with Crippen molar-refractivity contribution in [2.24, 2.45) is 4.99 Å². The topological polar surface area (TPSA) is 105 Å². The molecule has 2 saturated carbocycles. The van der Waals surface area contributed by atoms with Crippen molar-refractivity contribution in [3.8, 4) is 11.3 Å². The molecule has 4 aliphatic rings. The molecule has 0 spiro atoms. The number of aliphatic imine (C=N–C) groups is 1. The van der Waals surface area contributed by atoms with Crippen LogP contribution in [0.25, 0.3) is 27.7 Å². The normalized spacial score (nSPS) is 20.0. The number of carbonyl (C=O) groups excluding carboxylic acids is 3. The van der Waals surface area contributed by atoms with Gasteiger partial charge in [0.1, 0.15) is 12.1 Å². The zero-order chi connectivity index (χ0) is 32.0. The molecule has 2 fully saturated rings. The van der Waals surface area contributed by atoms with Crippen molar-refractivity contribution in [2.45, 2.75) is 82.2 Å². The number of aromatic nitrogens is 2. The fourth-order valence-electron chi connectivity index (χ4n) is 7.97. The van der Waals surface area contributed by atoms with Gasteiger partial charge >= 0.3 is 0 Å². The quantitative estimate of drug-likeness (QED) is 0.231. The molecule has 238 valence electrons. The Morgan fingerprint density at radius 1 is 1.02 bits per heavy atom. The highest BCUT2D eigenvalue weighted by Crippen LogP contribution is 2.46. The molecule has 3 aliphatic carbocycles. The van der Waals surface area contributed by atoms with Gasteiger partial charge in [-0.1, -0.05) is 68.5 Å². The Morgan fingerprint density at radius 2 is 1.85 bits per heavy atom. The molecule has 4 aromatic rings. The van der Waals surface area contributed by atoms with E-state index in [0.29, 0.717) is 36.5 Å². The Labute approximate surface area is 277 Å². The summed E-state index contributed by atoms with van der Waals surface area (Å²) in [7, 11) is 0. The summed E-state index contributed by atoms with van der Waals surface area (Å²) in [6.07, 6.45) is 15.1. The van der Waals surface area contributed by atoms with Gasteiger partial charge < -0.3 is 15.2 Å². The number of allylic oxidation sites excluding steroid dienone is 4. The molecule has 47 heavy (non-hydrogen) atoms. The summed E-state index contributed by atoms with van der Waals surface area (Å²) in [6, 6.07) is 13.9. The van der Waals surface area contributed by atoms with E-state index < -0.39 is 5.54 Å². The molecule has 0 atom stereocenters. The second kappa shape index (κ2) is 12.2. The number of carbonyl (C=O) groups is 3. The summed E-state index contributed by atoms with van der Waals surface area (Å²) in [5.74, 6) is -0.277. The highest BCUT2D eigenvalue weighted by Gasteiger charge is 2.43. The summed E-state index contributed by atoms with van der Waals surface area (Å²) in [5, 5.41) is 9.34. The van der Waals surface area contributed by atoms with Gasteiger partial charge in [0.05, 0.1) is 28.1 Å². The molecule has 3 amide bonds. The van der Waals surface area contributed by atoms with Gasteiger partial charge in [0.25, 0.3) is 11.8 Å². The summed E-state index contributed by atoms with van der Waals surface area (Å²) in [5.41, 5.74) is 8.94. The monoisotopic (exact) mass is 643 g/mol. The Morgan fingerprint density at radius 3 is 2.62 bits per heavy atom. The van der Waals surface area contributed by atoms with Crippen LogP contribution in [0, 0.1) is 0 Å². The van der Waals surface area contributed by atoms with E-state index in [2.05, 4.69) is 37.3 Å². The fraction of sp³-hybridized carbons (Fsp3) is 0.342. The number of hydrogen-bond acceptors (Lipinski definition) is 5. The predicted molar refractivity (Wildman–Crippen MR) is 187 cm³/mol. The van der Waals surface area contributed by atoms with Crippen LogP contribution in [0.2, 0.25) is 0 Å². The Kier molecular flexibility index (Phi) is 7.72. The van der Waals surface area contributed by atoms with E-state index in [4.69, 9.17) is 0 Å². The van der Waals surface area contributed by atoms with E-state index in [1.54, 1.807) is 16.8 Å². The first-order chi connectivity index (χ1) is 23.0. The lowest BCUT2D eigenvalue weighted by molar-refractivity contribution is -0.123. The Hall–Kier alpha value is -4.63. The van der Waals surface area contributed by atoms with Crippen LogP contribution in [-0.2, 0) is 16.1 Å². The number of fused-ring (bicyclic) bond motifs is 5. The number of hydrogen-bond donors (Lipinski definition) is 2. The van der Waals surface area contributed by atoms with Crippen molar-refractivity contribution in [3.05, 3.63) is 88.4 Å². The van der Waals surface area contributed by atoms with Gasteiger partial charge in [-0.3, -0.25) is 14.4 Å². The molecule has 2 N–H and O–H groups in total. The minimum Gasteiger partial charge on any atom is -0.338 e. The lowest BCUT2D eigenvalue weighted by Gasteiger charge is -2.27. The third kappa shape index (κ3) is 5.46. The maximum Gasteiger partial charge on any atom is 0.271 e. The van der Waals surface area contributed by atoms with Crippen LogP contribution in [-0.4, -0.2) is 38.5 Å². The zero-order valence-corrected chi connectivity index (χ0v) is 27.1. The van der Waals surface area contributed by atoms with E-state index in [1.807, 2.05) is 53.9 Å². The van der Waals surface area contributed by atoms with Crippen molar-refractivity contribution >= 4 is 56.9 Å². The first-order valence-corrected chi connectivity index (χ1v) is 17.7. The van der Waals surface area contributed by atoms with Crippen LogP contribution >= 0.6 is 11.3 Å². The van der Waals surface area contributed by atoms with Crippen LogP contribution in [0.5, 0.6) is 0 Å². The van der Waals surface area contributed by atoms with E-state index in [9.17, 15) is 14.4 Å². The van der Waals surface area contributed by atoms with Gasteiger partial charge in [-0.25, -0.2) is 9.98 Å². The van der Waals surface area contributed by atoms with Crippen molar-refractivity contribution in [3.63, 3.8) is 0 Å². The number of benzene rings is 2. The third-order valence-electron chi connectivity index (χ3n) is 10.3. The van der Waals surface area contributed by atoms with Gasteiger partial charge in [0, 0.05) is 34.0 Å². The van der Waals surface area contributed by atoms with Gasteiger partial charge in [0.2, 0.25) is 5.91 Å². The summed E-state index contributed by atoms with van der Waals surface area (Å²) < 4.78 is 2.10. The molecular formula is C38H37N5O3S. The highest BCUT2D eigenvalue weighted by molar-refractivity contribution is 7.07. The van der Waals surface area contributed by atoms with Crippen molar-refractivity contribution in [2.75, 3.05) is 5.32 Å². The zero-order valence-electron chi connectivity index (χ0n) is 26.3. The van der Waals surface area contributed by atoms with Crippen LogP contribution in [0.15, 0.2) is 76.6 Å². The summed E-state index contributed by atoms with van der Waals surface area (Å²) in [4.78, 5) is 49.8. The molecule has 2 aromatic carbocycles. The van der Waals surface area contributed by atoms with Crippen LogP contribution in [0.3, 0.4) is 0 Å². The smallest absolute Gasteiger partial charge is 0.271 e. The minimum atomic E-state index is -1.03. The predicted octanol–water partition coefficient (Wildman–Crippen LogP) is 7.82. The SMILES string of the molecule is O=C1Cn2c(c(C3CCCCC3)c3ccc(C(=O)NC4(C(=O)N=C5C=CC(c6cscn6)=CC5)CCCC4)cc32)-c2ccccc2N1. The molecular weight excluding hydrogens is 607 g/mol. The molecule has 8 nitrogen and oxygen atoms in total. The maximum atomic E-state index is 14.0. The average molecular weight is 644 g/mol. The van der Waals surface area contributed by atoms with E-state index in [0.717, 1.165) is 64.8 Å². The van der Waals surface area contributed by atoms with Gasteiger partial charge in [0.15, 0.2) is 0 Å². The van der Waals surface area contributed by atoms with Gasteiger partial charge in [-0.15, -0.1) is 11.3 Å². The molecule has 8 rings (SSSR count). The van der Waals surface area contributed by atoms with Crippen LogP contribution in [0.4, 0.5) is 5.69 Å². The number of amides is 3. The molecule has 0 unspecified atom stereocenters. The van der Waals surface area contributed by atoms with Crippen molar-refractivity contribution < 1.29 is 14.4 Å². The number of rotatable bonds is 5. The van der Waals surface area contributed by atoms with Crippen LogP contribution in [0.1, 0.15) is 91.7 Å². The fourth-order valence-corrected chi connectivity index (χ4v) is 8.53. The standard InChI is InChI=1S/C38H37N5O3S/c44-33-21-43-32-20-26(14-17-29(32)34(25-8-2-1-3-9-25)35(43)28-10-4-5-11-30(28)41-33)36(45)42-38(18-6-7-19-38)37(46)40-27-15-12-24(13-16-27)31-22-47-23-39-31/h4-5,10-15,17,20,22-23,25H,1-3,6-9,16,18-19,21H2,(H,41,44)(H,42,45). The lowest BCUT2D eigenvalue weighted by atomic mass is 9.81. The summed E-state index contributed by atoms with van der Waals surface area (Å²) in [6.45, 7) is 0.171. The van der Waals surface area contributed by atoms with Crippen molar-refractivity contribution in [1.29, 1.82) is 0 Å². The number of nitrogens with zero attached hydrogens (tertiary/aromatic N) is 3. The Balaban J connectivity index is 1.13. The largest absolute Gasteiger partial charge is 0.338 e. The Bertz CT molecular complexity index is 1990. The van der Waals surface area contributed by atoms with Crippen LogP contribution < -0.4 is 10.6 Å². The second-order valence-corrected chi connectivity index (χ2v) is 13.9. The molecule has 2 aromatic heterocycles. The molecule has 0 bridgehead atoms. The maximum absolute atomic E-state index is 14.0. The molecule has 0 saturated heterocycles. The van der Waals surface area contributed by atoms with Gasteiger partial charge in [-0.05, 0) is 67.0 Å². The minimum absolute atomic E-state index is 0.0851. The average Bonchev–Trinajstić information content (AvgIpc) is 3.85. The van der Waals surface area contributed by atoms with E-state index in [1.165, 1.54) is 24.8 Å². The number of nitrogens with one attached hydrogen (secondary N) is 2. The van der Waals surface area contributed by atoms with E-state index in [-0.39, 0.29) is 24.3 Å². The summed E-state index contributed by atoms with van der Waals surface area (Å²) >= 11 is 1.55. The van der Waals surface area contributed by atoms with Crippen molar-refractivity contribution in [1.82, 2.24) is 14.9 Å². The number of anilines is 1. The molecule has 0 radical (unpaired) electrons. The first kappa shape index (κ1) is 29.8. The third-order valence-corrected chi connectivity index (χ3v) is 10.9. The van der Waals surface area contributed by atoms with Gasteiger partial charge in [-0.2, -0.15) is 0 Å². The number of thiazole rings is 1. The first-order valence-electron chi connectivity index (χ1n) is 16.8. The highest BCUT2D eigenvalue weighted by atomic mass is 32.1.